The third-order valence-corrected chi connectivity index (χ3v) is 8.08. The van der Waals surface area contributed by atoms with Gasteiger partial charge in [0.1, 0.15) is 23.2 Å². The largest absolute Gasteiger partial charge is 0.475 e. The van der Waals surface area contributed by atoms with Crippen molar-refractivity contribution in [3.63, 3.8) is 0 Å². The van der Waals surface area contributed by atoms with Crippen LogP contribution >= 0.6 is 19.4 Å². The highest BCUT2D eigenvalue weighted by Gasteiger charge is 2.61. The Morgan fingerprint density at radius 2 is 2.06 bits per heavy atom. The van der Waals surface area contributed by atoms with E-state index in [1.54, 1.807) is 6.92 Å². The van der Waals surface area contributed by atoms with E-state index in [2.05, 4.69) is 0 Å². The Bertz CT molecular complexity index is 857. The molecule has 1 amide bonds. The number of ketones is 1. The van der Waals surface area contributed by atoms with Crippen LogP contribution in [0, 0.1) is 0 Å². The fraction of sp³-hybridized carbons (Fsp3) is 0.762. The first kappa shape index (κ1) is 24.8. The highest BCUT2D eigenvalue weighted by Crippen LogP contribution is 2.59. The maximum atomic E-state index is 13.0. The Labute approximate surface area is 197 Å². The summed E-state index contributed by atoms with van der Waals surface area (Å²) in [5.41, 5.74) is 0. The summed E-state index contributed by atoms with van der Waals surface area (Å²) in [6, 6.07) is 0. The zero-order chi connectivity index (χ0) is 23.6. The molecule has 2 saturated heterocycles. The first-order valence-electron chi connectivity index (χ1n) is 11.3. The number of allylic oxidation sites excluding steroid dienone is 1. The van der Waals surface area contributed by atoms with Crippen molar-refractivity contribution in [2.45, 2.75) is 87.7 Å². The topological polar surface area (TPSA) is 118 Å². The number of carbonyl (C=O) groups excluding carboxylic acids is 3. The first-order valence-corrected chi connectivity index (χ1v) is 13.2. The molecule has 3 aliphatic heterocycles. The van der Waals surface area contributed by atoms with E-state index in [1.807, 2.05) is 0 Å². The van der Waals surface area contributed by atoms with Crippen LogP contribution in [-0.4, -0.2) is 65.2 Å². The number of rotatable bonds is 8. The van der Waals surface area contributed by atoms with Crippen molar-refractivity contribution in [1.29, 1.82) is 0 Å². The van der Waals surface area contributed by atoms with Gasteiger partial charge in [-0.2, -0.15) is 0 Å². The second-order valence-corrected chi connectivity index (χ2v) is 11.3. The second kappa shape index (κ2) is 10.1. The van der Waals surface area contributed by atoms with Crippen LogP contribution in [0.4, 0.5) is 0 Å². The van der Waals surface area contributed by atoms with Crippen molar-refractivity contribution in [2.24, 2.45) is 0 Å². The monoisotopic (exact) mass is 505 g/mol. The molecular formula is C21H29ClNO9P. The molecule has 0 aromatic heterocycles. The molecule has 0 radical (unpaired) electrons. The number of carbonyl (C=O) groups is 3. The number of esters is 1. The van der Waals surface area contributed by atoms with Crippen LogP contribution in [0.25, 0.3) is 0 Å². The molecule has 33 heavy (non-hydrogen) atoms. The van der Waals surface area contributed by atoms with Gasteiger partial charge >= 0.3 is 13.8 Å². The predicted molar refractivity (Wildman–Crippen MR) is 115 cm³/mol. The molecule has 3 heterocycles. The van der Waals surface area contributed by atoms with E-state index in [-0.39, 0.29) is 43.9 Å². The van der Waals surface area contributed by atoms with Gasteiger partial charge in [0.15, 0.2) is 12.0 Å². The van der Waals surface area contributed by atoms with Gasteiger partial charge in [0.2, 0.25) is 5.91 Å². The lowest BCUT2D eigenvalue weighted by atomic mass is 9.99. The summed E-state index contributed by atoms with van der Waals surface area (Å²) in [7, 11) is -3.90. The molecule has 5 atom stereocenters. The van der Waals surface area contributed by atoms with Crippen molar-refractivity contribution in [3.8, 4) is 0 Å². The Kier molecular flexibility index (Phi) is 7.63. The van der Waals surface area contributed by atoms with Gasteiger partial charge < -0.3 is 9.47 Å². The van der Waals surface area contributed by atoms with Gasteiger partial charge in [0, 0.05) is 12.6 Å². The van der Waals surface area contributed by atoms with Gasteiger partial charge in [-0.1, -0.05) is 0 Å². The molecule has 1 aliphatic carbocycles. The van der Waals surface area contributed by atoms with E-state index in [0.717, 1.165) is 25.7 Å². The van der Waals surface area contributed by atoms with Crippen molar-refractivity contribution >= 4 is 37.1 Å². The standard InChI is InChI=1S/C21H29ClNO9P/c1-21(22)19-16(31-20(21)23-10-9-14(24)12-17(23)25)13-29-33(27,32-19)28-11-5-4-8-18(26)30-15-6-2-3-7-15/h9-10,15-16,19-20H,2-8,11-13H2,1H3/t16-,19-,20-,21-,33+/m1/s1. The Hall–Kier alpha value is -1.29. The average Bonchev–Trinajstić information content (AvgIpc) is 3.34. The SMILES string of the molecule is C[C@@]1(Cl)[C@@H]2O[P@@](=O)(OCCCCC(=O)OC3CCCC3)OC[C@H]2O[C@H]1N1C=CC(=O)CC1=O. The molecule has 12 heteroatoms. The molecule has 10 nitrogen and oxygen atoms in total. The summed E-state index contributed by atoms with van der Waals surface area (Å²) in [6.07, 6.45) is 5.28. The minimum atomic E-state index is -3.90. The number of amides is 1. The molecule has 1 saturated carbocycles. The third kappa shape index (κ3) is 5.69. The van der Waals surface area contributed by atoms with E-state index < -0.39 is 37.0 Å². The highest BCUT2D eigenvalue weighted by molar-refractivity contribution is 7.48. The molecule has 4 aliphatic rings. The maximum absolute atomic E-state index is 13.0. The number of fused-ring (bicyclic) bond motifs is 1. The zero-order valence-corrected chi connectivity index (χ0v) is 20.1. The quantitative estimate of drug-likeness (QED) is 0.161. The van der Waals surface area contributed by atoms with Gasteiger partial charge in [0.25, 0.3) is 0 Å². The number of unbranched alkanes of at least 4 members (excludes halogenated alkanes) is 1. The lowest BCUT2D eigenvalue weighted by Crippen LogP contribution is -2.51. The number of alkyl halides is 1. The third-order valence-electron chi connectivity index (χ3n) is 6.23. The van der Waals surface area contributed by atoms with Gasteiger partial charge in [-0.3, -0.25) is 32.9 Å². The number of phosphoric ester groups is 1. The summed E-state index contributed by atoms with van der Waals surface area (Å²) in [6.45, 7) is 1.61. The van der Waals surface area contributed by atoms with Crippen LogP contribution in [0.3, 0.4) is 0 Å². The van der Waals surface area contributed by atoms with E-state index in [9.17, 15) is 18.9 Å². The maximum Gasteiger partial charge on any atom is 0.475 e. The highest BCUT2D eigenvalue weighted by atomic mass is 35.5. The first-order chi connectivity index (χ1) is 15.7. The summed E-state index contributed by atoms with van der Waals surface area (Å²) >= 11 is 6.71. The van der Waals surface area contributed by atoms with E-state index in [0.29, 0.717) is 12.8 Å². The number of nitrogens with zero attached hydrogens (tertiary/aromatic N) is 1. The molecule has 0 aromatic carbocycles. The van der Waals surface area contributed by atoms with E-state index >= 15 is 0 Å². The number of ether oxygens (including phenoxy) is 2. The number of halogens is 1. The molecule has 184 valence electrons. The molecular weight excluding hydrogens is 477 g/mol. The molecule has 3 fully saturated rings. The smallest absolute Gasteiger partial charge is 0.462 e. The van der Waals surface area contributed by atoms with E-state index in [1.165, 1.54) is 17.2 Å². The van der Waals surface area contributed by atoms with E-state index in [4.69, 9.17) is 34.6 Å². The molecule has 0 N–H and O–H groups in total. The van der Waals surface area contributed by atoms with Crippen molar-refractivity contribution in [2.75, 3.05) is 13.2 Å². The predicted octanol–water partition coefficient (Wildman–Crippen LogP) is 3.22. The summed E-state index contributed by atoms with van der Waals surface area (Å²) in [5, 5.41) is 0. The lowest BCUT2D eigenvalue weighted by molar-refractivity contribution is -0.149. The second-order valence-electron chi connectivity index (χ2n) is 8.89. The molecule has 0 bridgehead atoms. The molecule has 0 unspecified atom stereocenters. The van der Waals surface area contributed by atoms with Crippen LogP contribution < -0.4 is 0 Å². The van der Waals surface area contributed by atoms with Gasteiger partial charge in [0.05, 0.1) is 19.6 Å². The Morgan fingerprint density at radius 3 is 2.79 bits per heavy atom. The summed E-state index contributed by atoms with van der Waals surface area (Å²) in [5.74, 6) is -0.964. The van der Waals surface area contributed by atoms with Crippen molar-refractivity contribution in [3.05, 3.63) is 12.3 Å². The van der Waals surface area contributed by atoms with Gasteiger partial charge in [-0.15, -0.1) is 11.6 Å². The van der Waals surface area contributed by atoms with Crippen LogP contribution in [0.5, 0.6) is 0 Å². The summed E-state index contributed by atoms with van der Waals surface area (Å²) in [4.78, 5) is 35.6. The Morgan fingerprint density at radius 1 is 1.30 bits per heavy atom. The fourth-order valence-electron chi connectivity index (χ4n) is 4.46. The van der Waals surface area contributed by atoms with Gasteiger partial charge in [-0.25, -0.2) is 4.57 Å². The lowest BCUT2D eigenvalue weighted by Gasteiger charge is -2.36. The normalized spacial score (nSPS) is 36.9. The van der Waals surface area contributed by atoms with Crippen molar-refractivity contribution in [1.82, 2.24) is 4.90 Å². The number of hydrogen-bond donors (Lipinski definition) is 0. The summed E-state index contributed by atoms with van der Waals surface area (Å²) < 4.78 is 40.6. The number of phosphoric acid groups is 1. The van der Waals surface area contributed by atoms with Crippen LogP contribution in [-0.2, 0) is 42.0 Å². The van der Waals surface area contributed by atoms with Crippen LogP contribution in [0.2, 0.25) is 0 Å². The zero-order valence-electron chi connectivity index (χ0n) is 18.5. The molecule has 4 rings (SSSR count). The average molecular weight is 506 g/mol. The fourth-order valence-corrected chi connectivity index (χ4v) is 6.38. The van der Waals surface area contributed by atoms with Crippen LogP contribution in [0.1, 0.15) is 58.3 Å². The van der Waals surface area contributed by atoms with Crippen LogP contribution in [0.15, 0.2) is 12.3 Å². The molecule has 0 spiro atoms. The minimum Gasteiger partial charge on any atom is -0.462 e. The van der Waals surface area contributed by atoms with Gasteiger partial charge in [-0.05, 0) is 51.5 Å². The Balaban J connectivity index is 1.25. The van der Waals surface area contributed by atoms with Crippen molar-refractivity contribution < 1.29 is 42.0 Å². The number of hydrogen-bond acceptors (Lipinski definition) is 9. The molecule has 0 aromatic rings. The minimum absolute atomic E-state index is 0.0418.